The molecule has 0 bridgehead atoms. The third-order valence-electron chi connectivity index (χ3n) is 2.49. The van der Waals surface area contributed by atoms with Gasteiger partial charge in [-0.25, -0.2) is 13.1 Å². The molecule has 0 fully saturated rings. The summed E-state index contributed by atoms with van der Waals surface area (Å²) in [5.41, 5.74) is 0. The molecule has 1 aromatic rings. The zero-order valence-corrected chi connectivity index (χ0v) is 12.9. The smallest absolute Gasteiger partial charge is 0.244 e. The molecule has 108 valence electrons. The van der Waals surface area contributed by atoms with E-state index < -0.39 is 10.0 Å². The molecule has 0 saturated carbocycles. The van der Waals surface area contributed by atoms with E-state index in [9.17, 15) is 8.42 Å². The lowest BCUT2D eigenvalue weighted by Crippen LogP contribution is -2.27. The first-order valence-corrected chi connectivity index (χ1v) is 7.71. The third kappa shape index (κ3) is 4.99. The van der Waals surface area contributed by atoms with E-state index >= 15 is 0 Å². The average Bonchev–Trinajstić information content (AvgIpc) is 2.34. The van der Waals surface area contributed by atoms with Gasteiger partial charge in [0, 0.05) is 11.6 Å². The predicted molar refractivity (Wildman–Crippen MR) is 76.4 cm³/mol. The maximum Gasteiger partial charge on any atom is 0.244 e. The Morgan fingerprint density at radius 3 is 2.63 bits per heavy atom. The van der Waals surface area contributed by atoms with Gasteiger partial charge < -0.3 is 9.64 Å². The molecule has 7 heteroatoms. The highest BCUT2D eigenvalue weighted by Gasteiger charge is 2.19. The molecule has 0 aliphatic heterocycles. The number of nitrogens with zero attached hydrogens (tertiary/aromatic N) is 1. The van der Waals surface area contributed by atoms with Crippen molar-refractivity contribution in [2.24, 2.45) is 0 Å². The summed E-state index contributed by atoms with van der Waals surface area (Å²) in [6.45, 7) is 1.19. The van der Waals surface area contributed by atoms with Gasteiger partial charge in [-0.2, -0.15) is 0 Å². The number of hydrogen-bond acceptors (Lipinski definition) is 4. The quantitative estimate of drug-likeness (QED) is 0.777. The van der Waals surface area contributed by atoms with Crippen LogP contribution in [0.1, 0.15) is 6.42 Å². The highest BCUT2D eigenvalue weighted by Crippen LogP contribution is 2.26. The minimum Gasteiger partial charge on any atom is -0.495 e. The number of nitrogens with one attached hydrogen (secondary N) is 1. The van der Waals surface area contributed by atoms with Crippen molar-refractivity contribution in [1.82, 2.24) is 9.62 Å². The van der Waals surface area contributed by atoms with Gasteiger partial charge in [0.25, 0.3) is 0 Å². The van der Waals surface area contributed by atoms with Crippen LogP contribution in [-0.2, 0) is 10.0 Å². The highest BCUT2D eigenvalue weighted by atomic mass is 35.5. The molecule has 5 nitrogen and oxygen atoms in total. The van der Waals surface area contributed by atoms with Crippen molar-refractivity contribution < 1.29 is 13.2 Å². The topological polar surface area (TPSA) is 58.6 Å². The van der Waals surface area contributed by atoms with E-state index in [1.165, 1.54) is 19.2 Å². The largest absolute Gasteiger partial charge is 0.495 e. The second kappa shape index (κ2) is 7.09. The first kappa shape index (κ1) is 16.2. The Hall–Kier alpha value is -0.820. The SMILES string of the molecule is COc1ccc(Cl)cc1S(=O)(=O)NCCCN(C)C. The average molecular weight is 307 g/mol. The molecule has 0 atom stereocenters. The Kier molecular flexibility index (Phi) is 6.06. The molecule has 0 heterocycles. The van der Waals surface area contributed by atoms with Crippen LogP contribution < -0.4 is 9.46 Å². The minimum atomic E-state index is -3.60. The molecule has 1 aromatic carbocycles. The third-order valence-corrected chi connectivity index (χ3v) is 4.21. The summed E-state index contributed by atoms with van der Waals surface area (Å²) in [5, 5.41) is 0.356. The summed E-state index contributed by atoms with van der Waals surface area (Å²) in [6.07, 6.45) is 0.731. The van der Waals surface area contributed by atoms with E-state index in [1.807, 2.05) is 19.0 Å². The van der Waals surface area contributed by atoms with Crippen LogP contribution in [0.25, 0.3) is 0 Å². The van der Waals surface area contributed by atoms with Crippen molar-refractivity contribution in [1.29, 1.82) is 0 Å². The fourth-order valence-electron chi connectivity index (χ4n) is 1.54. The van der Waals surface area contributed by atoms with Gasteiger partial charge in [0.15, 0.2) is 0 Å². The van der Waals surface area contributed by atoms with Crippen LogP contribution in [0.3, 0.4) is 0 Å². The van der Waals surface area contributed by atoms with E-state index in [0.29, 0.717) is 11.6 Å². The van der Waals surface area contributed by atoms with Crippen molar-refractivity contribution in [3.05, 3.63) is 23.2 Å². The van der Waals surface area contributed by atoms with Crippen LogP contribution in [0.5, 0.6) is 5.75 Å². The lowest BCUT2D eigenvalue weighted by molar-refractivity contribution is 0.397. The normalized spacial score (nSPS) is 11.8. The van der Waals surface area contributed by atoms with Crippen molar-refractivity contribution in [3.8, 4) is 5.75 Å². The molecule has 19 heavy (non-hydrogen) atoms. The van der Waals surface area contributed by atoms with Crippen LogP contribution in [0, 0.1) is 0 Å². The Morgan fingerprint density at radius 2 is 2.05 bits per heavy atom. The van der Waals surface area contributed by atoms with Crippen molar-refractivity contribution >= 4 is 21.6 Å². The maximum atomic E-state index is 12.1. The molecule has 0 radical (unpaired) electrons. The lowest BCUT2D eigenvalue weighted by atomic mass is 10.3. The van der Waals surface area contributed by atoms with Crippen molar-refractivity contribution in [2.45, 2.75) is 11.3 Å². The molecule has 1 rings (SSSR count). The molecule has 0 amide bonds. The summed E-state index contributed by atoms with van der Waals surface area (Å²) < 4.78 is 31.9. The number of rotatable bonds is 7. The van der Waals surface area contributed by atoms with Crippen LogP contribution in [-0.4, -0.2) is 47.6 Å². The standard InChI is InChI=1S/C12H19ClN2O3S/c1-15(2)8-4-7-14-19(16,17)12-9-10(13)5-6-11(12)18-3/h5-6,9,14H,4,7-8H2,1-3H3. The molecule has 0 aliphatic rings. The molecule has 0 aromatic heterocycles. The number of sulfonamides is 1. The van der Waals surface area contributed by atoms with Gasteiger partial charge in [-0.1, -0.05) is 11.6 Å². The highest BCUT2D eigenvalue weighted by molar-refractivity contribution is 7.89. The molecule has 0 spiro atoms. The molecule has 0 aliphatic carbocycles. The summed E-state index contributed by atoms with van der Waals surface area (Å²) in [6, 6.07) is 4.51. The maximum absolute atomic E-state index is 12.1. The Bertz CT molecular complexity index is 518. The van der Waals surface area contributed by atoms with Crippen LogP contribution in [0.15, 0.2) is 23.1 Å². The molecular formula is C12H19ClN2O3S. The Morgan fingerprint density at radius 1 is 1.37 bits per heavy atom. The first-order valence-electron chi connectivity index (χ1n) is 5.85. The number of hydrogen-bond donors (Lipinski definition) is 1. The fourth-order valence-corrected chi connectivity index (χ4v) is 3.04. The first-order chi connectivity index (χ1) is 8.86. The summed E-state index contributed by atoms with van der Waals surface area (Å²) in [7, 11) is 1.70. The van der Waals surface area contributed by atoms with E-state index in [4.69, 9.17) is 16.3 Å². The lowest BCUT2D eigenvalue weighted by Gasteiger charge is -2.12. The fraction of sp³-hybridized carbons (Fsp3) is 0.500. The molecular weight excluding hydrogens is 288 g/mol. The zero-order valence-electron chi connectivity index (χ0n) is 11.3. The van der Waals surface area contributed by atoms with Gasteiger partial charge in [0.05, 0.1) is 7.11 Å². The van der Waals surface area contributed by atoms with Crippen LogP contribution in [0.4, 0.5) is 0 Å². The summed E-state index contributed by atoms with van der Waals surface area (Å²) in [4.78, 5) is 2.06. The number of benzene rings is 1. The van der Waals surface area contributed by atoms with Gasteiger partial charge in [-0.3, -0.25) is 0 Å². The van der Waals surface area contributed by atoms with Gasteiger partial charge in [0.2, 0.25) is 10.0 Å². The number of halogens is 1. The van der Waals surface area contributed by atoms with E-state index in [0.717, 1.165) is 13.0 Å². The molecule has 0 saturated heterocycles. The second-order valence-corrected chi connectivity index (χ2v) is 6.52. The van der Waals surface area contributed by atoms with Crippen molar-refractivity contribution in [3.63, 3.8) is 0 Å². The van der Waals surface area contributed by atoms with Crippen LogP contribution >= 0.6 is 11.6 Å². The number of ether oxygens (including phenoxy) is 1. The van der Waals surface area contributed by atoms with Crippen LogP contribution in [0.2, 0.25) is 5.02 Å². The number of methoxy groups -OCH3 is 1. The second-order valence-electron chi connectivity index (χ2n) is 4.35. The van der Waals surface area contributed by atoms with E-state index in [1.54, 1.807) is 6.07 Å². The van der Waals surface area contributed by atoms with Crippen molar-refractivity contribution in [2.75, 3.05) is 34.3 Å². The van der Waals surface area contributed by atoms with Gasteiger partial charge in [0.1, 0.15) is 10.6 Å². The molecule has 0 unspecified atom stereocenters. The van der Waals surface area contributed by atoms with E-state index in [-0.39, 0.29) is 10.6 Å². The predicted octanol–water partition coefficient (Wildman–Crippen LogP) is 1.58. The van der Waals surface area contributed by atoms with Gasteiger partial charge >= 0.3 is 0 Å². The summed E-state index contributed by atoms with van der Waals surface area (Å²) in [5.74, 6) is 0.282. The van der Waals surface area contributed by atoms with E-state index in [2.05, 4.69) is 4.72 Å². The minimum absolute atomic E-state index is 0.0624. The zero-order chi connectivity index (χ0) is 14.5. The Balaban J connectivity index is 2.79. The summed E-state index contributed by atoms with van der Waals surface area (Å²) >= 11 is 5.83. The monoisotopic (exact) mass is 306 g/mol. The molecule has 1 N–H and O–H groups in total. The van der Waals surface area contributed by atoms with Gasteiger partial charge in [-0.15, -0.1) is 0 Å². The van der Waals surface area contributed by atoms with Gasteiger partial charge in [-0.05, 0) is 45.3 Å². The Labute approximate surface area is 119 Å².